The van der Waals surface area contributed by atoms with Gasteiger partial charge in [-0.2, -0.15) is 0 Å². The molecule has 3 rings (SSSR count). The van der Waals surface area contributed by atoms with E-state index in [0.717, 1.165) is 6.54 Å². The molecule has 0 saturated heterocycles. The average molecular weight is 259 g/mol. The maximum atomic E-state index is 9.36. The van der Waals surface area contributed by atoms with Gasteiger partial charge in [-0.1, -0.05) is 18.2 Å². The Kier molecular flexibility index (Phi) is 3.64. The van der Waals surface area contributed by atoms with Crippen LogP contribution in [0.1, 0.15) is 55.3 Å². The van der Waals surface area contributed by atoms with Gasteiger partial charge in [0.25, 0.3) is 0 Å². The molecule has 0 aliphatic heterocycles. The van der Waals surface area contributed by atoms with Crippen molar-refractivity contribution in [2.45, 2.75) is 51.5 Å². The average Bonchev–Trinajstić information content (AvgIpc) is 3.25. The number of aliphatic hydroxyl groups is 1. The van der Waals surface area contributed by atoms with E-state index in [2.05, 4.69) is 30.4 Å². The van der Waals surface area contributed by atoms with Gasteiger partial charge in [-0.25, -0.2) is 0 Å². The largest absolute Gasteiger partial charge is 0.396 e. The van der Waals surface area contributed by atoms with E-state index in [4.69, 9.17) is 0 Å². The summed E-state index contributed by atoms with van der Waals surface area (Å²) in [6, 6.07) is 7.38. The van der Waals surface area contributed by atoms with Gasteiger partial charge in [-0.05, 0) is 62.1 Å². The Bertz CT molecular complexity index is 451. The Morgan fingerprint density at radius 1 is 1.21 bits per heavy atom. The molecule has 0 radical (unpaired) electrons. The summed E-state index contributed by atoms with van der Waals surface area (Å²) in [5, 5.41) is 13.0. The Morgan fingerprint density at radius 2 is 1.95 bits per heavy atom. The number of nitrogens with one attached hydrogen (secondary N) is 1. The molecule has 2 N–H and O–H groups in total. The molecule has 2 aliphatic rings. The Labute approximate surface area is 116 Å². The monoisotopic (exact) mass is 259 g/mol. The van der Waals surface area contributed by atoms with Crippen LogP contribution in [0.5, 0.6) is 0 Å². The lowest BCUT2D eigenvalue weighted by Gasteiger charge is -2.22. The van der Waals surface area contributed by atoms with Gasteiger partial charge in [0.2, 0.25) is 0 Å². The third-order valence-corrected chi connectivity index (χ3v) is 4.95. The number of benzene rings is 1. The topological polar surface area (TPSA) is 32.3 Å². The van der Waals surface area contributed by atoms with E-state index in [1.165, 1.54) is 44.1 Å². The van der Waals surface area contributed by atoms with E-state index in [0.29, 0.717) is 12.6 Å². The van der Waals surface area contributed by atoms with Crippen LogP contribution in [-0.2, 0) is 12.8 Å². The van der Waals surface area contributed by atoms with Crippen LogP contribution in [0.15, 0.2) is 18.2 Å². The minimum atomic E-state index is 0.197. The molecule has 0 bridgehead atoms. The number of hydrogen-bond donors (Lipinski definition) is 2. The van der Waals surface area contributed by atoms with Crippen LogP contribution in [0.2, 0.25) is 0 Å². The van der Waals surface area contributed by atoms with Crippen molar-refractivity contribution in [1.29, 1.82) is 0 Å². The predicted octanol–water partition coefficient (Wildman–Crippen LogP) is 2.99. The lowest BCUT2D eigenvalue weighted by molar-refractivity contribution is 0.204. The Hall–Kier alpha value is -0.860. The van der Waals surface area contributed by atoms with Crippen LogP contribution in [0, 0.1) is 5.41 Å². The van der Waals surface area contributed by atoms with Gasteiger partial charge in [-0.3, -0.25) is 0 Å². The zero-order valence-electron chi connectivity index (χ0n) is 11.9. The van der Waals surface area contributed by atoms with Crippen LogP contribution < -0.4 is 5.32 Å². The van der Waals surface area contributed by atoms with E-state index in [-0.39, 0.29) is 5.41 Å². The number of aliphatic hydroxyl groups excluding tert-OH is 1. The Morgan fingerprint density at radius 3 is 2.63 bits per heavy atom. The second-order valence-corrected chi connectivity index (χ2v) is 6.50. The molecule has 2 nitrogen and oxygen atoms in total. The van der Waals surface area contributed by atoms with Gasteiger partial charge in [0.1, 0.15) is 0 Å². The van der Waals surface area contributed by atoms with Crippen molar-refractivity contribution in [2.75, 3.05) is 13.2 Å². The highest BCUT2D eigenvalue weighted by Gasteiger charge is 2.41. The zero-order valence-corrected chi connectivity index (χ0v) is 11.9. The fourth-order valence-corrected chi connectivity index (χ4v) is 3.08. The molecular formula is C17H25NO. The molecule has 2 heteroatoms. The summed E-state index contributed by atoms with van der Waals surface area (Å²) < 4.78 is 0. The molecule has 1 atom stereocenters. The van der Waals surface area contributed by atoms with Gasteiger partial charge in [0, 0.05) is 24.6 Å². The van der Waals surface area contributed by atoms with Gasteiger partial charge >= 0.3 is 0 Å². The third-order valence-electron chi connectivity index (χ3n) is 4.95. The van der Waals surface area contributed by atoms with E-state index in [9.17, 15) is 5.11 Å². The second kappa shape index (κ2) is 5.26. The first-order chi connectivity index (χ1) is 9.22. The molecule has 1 aromatic carbocycles. The first-order valence-electron chi connectivity index (χ1n) is 7.68. The molecule has 1 aromatic rings. The summed E-state index contributed by atoms with van der Waals surface area (Å²) in [5.41, 5.74) is 4.70. The van der Waals surface area contributed by atoms with Gasteiger partial charge < -0.3 is 10.4 Å². The fraction of sp³-hybridized carbons (Fsp3) is 0.647. The maximum Gasteiger partial charge on any atom is 0.0499 e. The van der Waals surface area contributed by atoms with E-state index in [1.807, 2.05) is 0 Å². The highest BCUT2D eigenvalue weighted by Crippen LogP contribution is 2.44. The van der Waals surface area contributed by atoms with Crippen LogP contribution in [-0.4, -0.2) is 18.3 Å². The summed E-state index contributed by atoms with van der Waals surface area (Å²) in [6.45, 7) is 3.51. The van der Waals surface area contributed by atoms with E-state index >= 15 is 0 Å². The van der Waals surface area contributed by atoms with Crippen molar-refractivity contribution in [3.05, 3.63) is 34.9 Å². The molecule has 104 valence electrons. The maximum absolute atomic E-state index is 9.36. The summed E-state index contributed by atoms with van der Waals surface area (Å²) in [4.78, 5) is 0. The van der Waals surface area contributed by atoms with Crippen molar-refractivity contribution in [3.63, 3.8) is 0 Å². The van der Waals surface area contributed by atoms with Crippen molar-refractivity contribution in [1.82, 2.24) is 5.32 Å². The van der Waals surface area contributed by atoms with Crippen LogP contribution in [0.25, 0.3) is 0 Å². The van der Waals surface area contributed by atoms with E-state index in [1.54, 1.807) is 11.1 Å². The lowest BCUT2D eigenvalue weighted by atomic mass is 9.89. The number of rotatable bonds is 5. The number of hydrogen-bond acceptors (Lipinski definition) is 2. The molecule has 0 spiro atoms. The van der Waals surface area contributed by atoms with Crippen molar-refractivity contribution in [2.24, 2.45) is 5.41 Å². The van der Waals surface area contributed by atoms with Crippen LogP contribution in [0.3, 0.4) is 0 Å². The SMILES string of the molecule is CC(NCC1(CO)CC1)c1ccc2c(c1)CCCC2. The van der Waals surface area contributed by atoms with Crippen molar-refractivity contribution < 1.29 is 5.11 Å². The smallest absolute Gasteiger partial charge is 0.0499 e. The highest BCUT2D eigenvalue weighted by molar-refractivity contribution is 5.35. The van der Waals surface area contributed by atoms with Crippen LogP contribution in [0.4, 0.5) is 0 Å². The molecule has 1 saturated carbocycles. The summed E-state index contributed by atoms with van der Waals surface area (Å²) in [5.74, 6) is 0. The summed E-state index contributed by atoms with van der Waals surface area (Å²) >= 11 is 0. The third kappa shape index (κ3) is 2.85. The fourth-order valence-electron chi connectivity index (χ4n) is 3.08. The second-order valence-electron chi connectivity index (χ2n) is 6.50. The molecule has 1 fully saturated rings. The molecule has 0 aromatic heterocycles. The minimum Gasteiger partial charge on any atom is -0.396 e. The minimum absolute atomic E-state index is 0.197. The molecule has 0 amide bonds. The van der Waals surface area contributed by atoms with Gasteiger partial charge in [0.05, 0.1) is 0 Å². The molecule has 19 heavy (non-hydrogen) atoms. The summed E-state index contributed by atoms with van der Waals surface area (Å²) in [7, 11) is 0. The van der Waals surface area contributed by atoms with Gasteiger partial charge in [0.15, 0.2) is 0 Å². The van der Waals surface area contributed by atoms with Crippen molar-refractivity contribution >= 4 is 0 Å². The van der Waals surface area contributed by atoms with Crippen molar-refractivity contribution in [3.8, 4) is 0 Å². The first-order valence-corrected chi connectivity index (χ1v) is 7.68. The predicted molar refractivity (Wildman–Crippen MR) is 78.3 cm³/mol. The van der Waals surface area contributed by atoms with Gasteiger partial charge in [-0.15, -0.1) is 0 Å². The quantitative estimate of drug-likeness (QED) is 0.852. The molecule has 1 unspecified atom stereocenters. The lowest BCUT2D eigenvalue weighted by Crippen LogP contribution is -2.29. The number of fused-ring (bicyclic) bond motifs is 1. The molecule has 0 heterocycles. The normalized spacial score (nSPS) is 21.8. The molecule has 2 aliphatic carbocycles. The van der Waals surface area contributed by atoms with Crippen LogP contribution >= 0.6 is 0 Å². The zero-order chi connectivity index (χ0) is 13.3. The van der Waals surface area contributed by atoms with E-state index < -0.39 is 0 Å². The molecular weight excluding hydrogens is 234 g/mol. The first kappa shape index (κ1) is 13.1. The standard InChI is InChI=1S/C17H25NO/c1-13(18-11-17(12-19)8-9-17)15-7-6-14-4-2-3-5-16(14)10-15/h6-7,10,13,18-19H,2-5,8-9,11-12H2,1H3. The summed E-state index contributed by atoms with van der Waals surface area (Å²) in [6.07, 6.45) is 7.54. The number of aryl methyl sites for hydroxylation is 2. The Balaban J connectivity index is 1.64. The highest BCUT2D eigenvalue weighted by atomic mass is 16.3.